The van der Waals surface area contributed by atoms with Gasteiger partial charge in [-0.25, -0.2) is 4.79 Å². The molecule has 142 valence electrons. The summed E-state index contributed by atoms with van der Waals surface area (Å²) < 4.78 is 0. The summed E-state index contributed by atoms with van der Waals surface area (Å²) in [5, 5.41) is 10.00. The van der Waals surface area contributed by atoms with Crippen LogP contribution < -0.4 is 11.2 Å². The van der Waals surface area contributed by atoms with Crippen molar-refractivity contribution in [3.05, 3.63) is 32.6 Å². The zero-order chi connectivity index (χ0) is 18.3. The van der Waals surface area contributed by atoms with Crippen molar-refractivity contribution < 1.29 is 9.90 Å². The van der Waals surface area contributed by atoms with Gasteiger partial charge in [0, 0.05) is 56.4 Å². The number of likely N-dealkylation sites (tertiary alicyclic amines) is 2. The van der Waals surface area contributed by atoms with E-state index in [1.807, 2.05) is 0 Å². The molecule has 2 atom stereocenters. The largest absolute Gasteiger partial charge is 0.481 e. The van der Waals surface area contributed by atoms with Crippen molar-refractivity contribution in [2.75, 3.05) is 26.2 Å². The van der Waals surface area contributed by atoms with Crippen LogP contribution in [0.25, 0.3) is 0 Å². The third kappa shape index (κ3) is 3.12. The van der Waals surface area contributed by atoms with Crippen molar-refractivity contribution in [1.82, 2.24) is 19.8 Å². The van der Waals surface area contributed by atoms with Gasteiger partial charge in [0.2, 0.25) is 0 Å². The Morgan fingerprint density at radius 2 is 1.92 bits per heavy atom. The number of carboxylic acid groups (broad SMARTS) is 1. The van der Waals surface area contributed by atoms with Crippen molar-refractivity contribution in [2.24, 2.45) is 11.3 Å². The summed E-state index contributed by atoms with van der Waals surface area (Å²) in [6.45, 7) is 2.99. The molecule has 2 aliphatic heterocycles. The maximum absolute atomic E-state index is 12.2. The quantitative estimate of drug-likeness (QED) is 0.707. The van der Waals surface area contributed by atoms with Crippen LogP contribution in [0.15, 0.2) is 15.7 Å². The summed E-state index contributed by atoms with van der Waals surface area (Å²) in [5.74, 6) is -0.627. The number of nitrogens with one attached hydrogen (secondary N) is 2. The van der Waals surface area contributed by atoms with Gasteiger partial charge in [-0.2, -0.15) is 0 Å². The molecule has 2 saturated heterocycles. The van der Waals surface area contributed by atoms with Gasteiger partial charge in [-0.3, -0.25) is 24.4 Å². The highest BCUT2D eigenvalue weighted by molar-refractivity contribution is 5.77. The fourth-order valence-electron chi connectivity index (χ4n) is 5.20. The Morgan fingerprint density at radius 1 is 1.15 bits per heavy atom. The molecule has 8 nitrogen and oxygen atoms in total. The van der Waals surface area contributed by atoms with Crippen LogP contribution in [-0.4, -0.2) is 63.1 Å². The maximum atomic E-state index is 12.2. The molecule has 0 radical (unpaired) electrons. The van der Waals surface area contributed by atoms with Crippen molar-refractivity contribution in [3.63, 3.8) is 0 Å². The first kappa shape index (κ1) is 17.5. The molecule has 3 heterocycles. The summed E-state index contributed by atoms with van der Waals surface area (Å²) in [4.78, 5) is 44.3. The zero-order valence-corrected chi connectivity index (χ0v) is 14.9. The van der Waals surface area contributed by atoms with E-state index < -0.39 is 22.6 Å². The van der Waals surface area contributed by atoms with Crippen molar-refractivity contribution >= 4 is 5.97 Å². The van der Waals surface area contributed by atoms with E-state index in [9.17, 15) is 19.5 Å². The molecule has 0 bridgehead atoms. The van der Waals surface area contributed by atoms with Crippen molar-refractivity contribution in [2.45, 2.75) is 44.7 Å². The molecule has 1 aromatic heterocycles. The summed E-state index contributed by atoms with van der Waals surface area (Å²) in [5.41, 5.74) is -1.16. The lowest BCUT2D eigenvalue weighted by Crippen LogP contribution is -2.43. The first-order valence-electron chi connectivity index (χ1n) is 9.48. The topological polar surface area (TPSA) is 109 Å². The summed E-state index contributed by atoms with van der Waals surface area (Å²) in [6.07, 6.45) is 6.14. The lowest BCUT2D eigenvalue weighted by Gasteiger charge is -2.33. The fraction of sp³-hybridized carbons (Fsp3) is 0.722. The second kappa shape index (κ2) is 6.66. The normalized spacial score (nSPS) is 30.5. The molecule has 0 unspecified atom stereocenters. The highest BCUT2D eigenvalue weighted by atomic mass is 16.4. The van der Waals surface area contributed by atoms with Gasteiger partial charge in [-0.1, -0.05) is 19.3 Å². The monoisotopic (exact) mass is 362 g/mol. The van der Waals surface area contributed by atoms with E-state index in [0.29, 0.717) is 37.9 Å². The van der Waals surface area contributed by atoms with E-state index in [0.717, 1.165) is 6.54 Å². The Bertz CT molecular complexity index is 769. The molecule has 0 aromatic carbocycles. The molecular formula is C18H26N4O4. The number of fused-ring (bicyclic) bond motifs is 1. The molecular weight excluding hydrogens is 336 g/mol. The summed E-state index contributed by atoms with van der Waals surface area (Å²) in [6, 6.07) is 1.90. The number of nitrogens with zero attached hydrogens (tertiary/aromatic N) is 2. The van der Waals surface area contributed by atoms with Gasteiger partial charge in [0.25, 0.3) is 5.56 Å². The van der Waals surface area contributed by atoms with Crippen molar-refractivity contribution in [3.8, 4) is 0 Å². The van der Waals surface area contributed by atoms with Gasteiger partial charge < -0.3 is 10.1 Å². The van der Waals surface area contributed by atoms with Gasteiger partial charge in [0.1, 0.15) is 0 Å². The molecule has 8 heteroatoms. The molecule has 4 rings (SSSR count). The van der Waals surface area contributed by atoms with Crippen LogP contribution in [-0.2, 0) is 11.3 Å². The van der Waals surface area contributed by atoms with Gasteiger partial charge in [-0.05, 0) is 12.8 Å². The van der Waals surface area contributed by atoms with Crippen LogP contribution >= 0.6 is 0 Å². The van der Waals surface area contributed by atoms with Gasteiger partial charge >= 0.3 is 11.7 Å². The first-order chi connectivity index (χ1) is 12.5. The number of aliphatic carboxylic acids is 1. The van der Waals surface area contributed by atoms with Gasteiger partial charge in [0.15, 0.2) is 0 Å². The Hall–Kier alpha value is -1.93. The molecule has 3 N–H and O–H groups in total. The predicted octanol–water partition coefficient (Wildman–Crippen LogP) is 0.214. The number of carboxylic acids is 1. The van der Waals surface area contributed by atoms with Crippen LogP contribution in [0.3, 0.4) is 0 Å². The third-order valence-corrected chi connectivity index (χ3v) is 6.43. The number of hydrogen-bond donors (Lipinski definition) is 3. The molecule has 1 aliphatic carbocycles. The Morgan fingerprint density at radius 3 is 2.58 bits per heavy atom. The maximum Gasteiger partial charge on any atom is 0.325 e. The number of hydrogen-bond acceptors (Lipinski definition) is 5. The van der Waals surface area contributed by atoms with Crippen molar-refractivity contribution in [1.29, 1.82) is 0 Å². The number of carbonyl (C=O) groups is 1. The lowest BCUT2D eigenvalue weighted by atomic mass is 9.81. The number of aromatic amines is 2. The van der Waals surface area contributed by atoms with E-state index in [-0.39, 0.29) is 5.92 Å². The predicted molar refractivity (Wildman–Crippen MR) is 95.0 cm³/mol. The van der Waals surface area contributed by atoms with Crippen LogP contribution in [0.4, 0.5) is 0 Å². The van der Waals surface area contributed by atoms with Crippen LogP contribution in [0.2, 0.25) is 0 Å². The number of H-pyrrole nitrogens is 2. The standard InChI is InChI=1S/C18H26N4O4/c23-15-6-13(19-17(26)20-15)9-21-7-12-8-22(14-4-2-1-3-5-14)11-18(12,10-21)16(24)25/h6,12,14H,1-5,7-11H2,(H,24,25)(H2,19,20,23,26)/t12-,18-/m1/s1. The van der Waals surface area contributed by atoms with E-state index in [4.69, 9.17) is 0 Å². The van der Waals surface area contributed by atoms with E-state index in [1.54, 1.807) is 0 Å². The zero-order valence-electron chi connectivity index (χ0n) is 14.9. The van der Waals surface area contributed by atoms with E-state index in [2.05, 4.69) is 19.8 Å². The second-order valence-electron chi connectivity index (χ2n) is 8.16. The average Bonchev–Trinajstić information content (AvgIpc) is 3.09. The first-order valence-corrected chi connectivity index (χ1v) is 9.48. The molecule has 1 saturated carbocycles. The molecule has 26 heavy (non-hydrogen) atoms. The minimum atomic E-state index is -0.737. The fourth-order valence-corrected chi connectivity index (χ4v) is 5.20. The number of aromatic nitrogens is 2. The summed E-state index contributed by atoms with van der Waals surface area (Å²) in [7, 11) is 0. The molecule has 3 fully saturated rings. The SMILES string of the molecule is O=C(O)[C@@]12CN(Cc3cc(=O)[nH]c(=O)[nH]3)C[C@@H]1CN(C1CCCCC1)C2. The Balaban J connectivity index is 1.48. The second-order valence-corrected chi connectivity index (χ2v) is 8.16. The highest BCUT2D eigenvalue weighted by Crippen LogP contribution is 2.45. The molecule has 0 amide bonds. The minimum Gasteiger partial charge on any atom is -0.481 e. The minimum absolute atomic E-state index is 0.0932. The molecule has 3 aliphatic rings. The highest BCUT2D eigenvalue weighted by Gasteiger charge is 2.58. The molecule has 1 aromatic rings. The van der Waals surface area contributed by atoms with Crippen LogP contribution in [0.1, 0.15) is 37.8 Å². The lowest BCUT2D eigenvalue weighted by molar-refractivity contribution is -0.149. The van der Waals surface area contributed by atoms with Gasteiger partial charge in [0.05, 0.1) is 5.41 Å². The Kier molecular flexibility index (Phi) is 4.48. The number of rotatable bonds is 4. The van der Waals surface area contributed by atoms with E-state index >= 15 is 0 Å². The average molecular weight is 362 g/mol. The molecule has 0 spiro atoms. The van der Waals surface area contributed by atoms with Crippen LogP contribution in [0.5, 0.6) is 0 Å². The van der Waals surface area contributed by atoms with Gasteiger partial charge in [-0.15, -0.1) is 0 Å². The Labute approximate surface area is 151 Å². The smallest absolute Gasteiger partial charge is 0.325 e. The van der Waals surface area contributed by atoms with Crippen LogP contribution in [0, 0.1) is 11.3 Å². The van der Waals surface area contributed by atoms with E-state index in [1.165, 1.54) is 38.2 Å². The third-order valence-electron chi connectivity index (χ3n) is 6.43. The summed E-state index contributed by atoms with van der Waals surface area (Å²) >= 11 is 0.